The highest BCUT2D eigenvalue weighted by Gasteiger charge is 2.35. The Labute approximate surface area is 192 Å². The summed E-state index contributed by atoms with van der Waals surface area (Å²) in [5.41, 5.74) is 7.29. The molecule has 1 aliphatic carbocycles. The Bertz CT molecular complexity index is 1380. The molecule has 5 rings (SSSR count). The largest absolute Gasteiger partial charge is 0.504 e. The smallest absolute Gasteiger partial charge is 0.169 e. The molecule has 0 aliphatic heterocycles. The van der Waals surface area contributed by atoms with Gasteiger partial charge in [0.05, 0.1) is 5.56 Å². The Balaban J connectivity index is 1.46. The molecule has 33 heavy (non-hydrogen) atoms. The molecule has 0 amide bonds. The van der Waals surface area contributed by atoms with E-state index in [1.165, 1.54) is 29.2 Å². The summed E-state index contributed by atoms with van der Waals surface area (Å²) in [5.74, 6) is -1.85. The van der Waals surface area contributed by atoms with Gasteiger partial charge in [0.1, 0.15) is 0 Å². The fourth-order valence-electron chi connectivity index (χ4n) is 4.76. The number of benzene rings is 4. The number of hydrogen-bond acceptors (Lipinski definition) is 5. The lowest BCUT2D eigenvalue weighted by Gasteiger charge is -2.22. The van der Waals surface area contributed by atoms with Crippen LogP contribution in [0.3, 0.4) is 0 Å². The molecule has 5 heteroatoms. The summed E-state index contributed by atoms with van der Waals surface area (Å²) in [4.78, 5) is 0. The zero-order valence-electron chi connectivity index (χ0n) is 18.6. The molecule has 4 aromatic rings. The van der Waals surface area contributed by atoms with Crippen LogP contribution in [-0.2, 0) is 5.41 Å². The van der Waals surface area contributed by atoms with Gasteiger partial charge in [-0.1, -0.05) is 56.3 Å². The Morgan fingerprint density at radius 3 is 1.88 bits per heavy atom. The lowest BCUT2D eigenvalue weighted by Crippen LogP contribution is -2.15. The first-order valence-electron chi connectivity index (χ1n) is 10.8. The summed E-state index contributed by atoms with van der Waals surface area (Å²) in [6.45, 7) is 5.89. The van der Waals surface area contributed by atoms with Crippen LogP contribution in [0.1, 0.15) is 30.5 Å². The second-order valence-electron chi connectivity index (χ2n) is 9.03. The van der Waals surface area contributed by atoms with E-state index in [0.717, 1.165) is 11.4 Å². The molecule has 5 nitrogen and oxygen atoms in total. The van der Waals surface area contributed by atoms with Crippen LogP contribution in [0.25, 0.3) is 22.3 Å². The van der Waals surface area contributed by atoms with Crippen molar-refractivity contribution in [2.75, 3.05) is 5.32 Å². The monoisotopic (exact) mass is 439 g/mol. The molecule has 0 aromatic heterocycles. The number of nitrogens with one attached hydrogen (secondary N) is 1. The molecule has 0 atom stereocenters. The summed E-state index contributed by atoms with van der Waals surface area (Å²) in [5, 5.41) is 44.2. The minimum absolute atomic E-state index is 0.0146. The third-order valence-electron chi connectivity index (χ3n) is 6.68. The molecule has 0 radical (unpaired) electrons. The minimum atomic E-state index is -0.469. The Kier molecular flexibility index (Phi) is 4.53. The highest BCUT2D eigenvalue weighted by Crippen LogP contribution is 2.51. The van der Waals surface area contributed by atoms with Gasteiger partial charge in [0, 0.05) is 22.4 Å². The molecule has 0 fully saturated rings. The van der Waals surface area contributed by atoms with Crippen LogP contribution in [0, 0.1) is 6.92 Å². The maximum Gasteiger partial charge on any atom is 0.169 e. The summed E-state index contributed by atoms with van der Waals surface area (Å²) < 4.78 is 0. The number of rotatable bonds is 3. The third-order valence-corrected chi connectivity index (χ3v) is 6.68. The van der Waals surface area contributed by atoms with Crippen LogP contribution < -0.4 is 5.32 Å². The van der Waals surface area contributed by atoms with Crippen molar-refractivity contribution >= 4 is 11.4 Å². The number of phenols is 4. The lowest BCUT2D eigenvalue weighted by molar-refractivity contribution is 0.371. The molecule has 0 heterocycles. The zero-order chi connectivity index (χ0) is 23.5. The van der Waals surface area contributed by atoms with E-state index in [-0.39, 0.29) is 16.5 Å². The van der Waals surface area contributed by atoms with Crippen molar-refractivity contribution in [3.05, 3.63) is 83.4 Å². The van der Waals surface area contributed by atoms with Gasteiger partial charge in [0.25, 0.3) is 0 Å². The highest BCUT2D eigenvalue weighted by atomic mass is 16.3. The van der Waals surface area contributed by atoms with E-state index in [1.807, 2.05) is 12.1 Å². The summed E-state index contributed by atoms with van der Waals surface area (Å²) in [6, 6.07) is 21.9. The van der Waals surface area contributed by atoms with Crippen molar-refractivity contribution < 1.29 is 20.4 Å². The summed E-state index contributed by atoms with van der Waals surface area (Å²) >= 11 is 0. The maximum absolute atomic E-state index is 10.3. The Morgan fingerprint density at radius 1 is 0.636 bits per heavy atom. The number of aromatic hydroxyl groups is 4. The van der Waals surface area contributed by atoms with Crippen LogP contribution in [0.15, 0.2) is 66.7 Å². The van der Waals surface area contributed by atoms with E-state index < -0.39 is 23.0 Å². The molecule has 1 aliphatic rings. The first-order valence-corrected chi connectivity index (χ1v) is 10.8. The molecule has 0 unspecified atom stereocenters. The molecule has 166 valence electrons. The number of phenolic OH excluding ortho intramolecular Hbond substituents is 4. The lowest BCUT2D eigenvalue weighted by atomic mass is 9.82. The van der Waals surface area contributed by atoms with Crippen LogP contribution >= 0.6 is 0 Å². The molecule has 0 saturated carbocycles. The van der Waals surface area contributed by atoms with Crippen molar-refractivity contribution in [3.8, 4) is 45.3 Å². The van der Waals surface area contributed by atoms with Crippen LogP contribution in [0.4, 0.5) is 11.4 Å². The topological polar surface area (TPSA) is 93.0 Å². The van der Waals surface area contributed by atoms with Gasteiger partial charge in [-0.05, 0) is 59.0 Å². The van der Waals surface area contributed by atoms with E-state index >= 15 is 0 Å². The predicted molar refractivity (Wildman–Crippen MR) is 131 cm³/mol. The van der Waals surface area contributed by atoms with Gasteiger partial charge in [0.2, 0.25) is 0 Å². The van der Waals surface area contributed by atoms with E-state index in [9.17, 15) is 20.4 Å². The van der Waals surface area contributed by atoms with Gasteiger partial charge in [-0.15, -0.1) is 0 Å². The van der Waals surface area contributed by atoms with Crippen molar-refractivity contribution in [1.29, 1.82) is 0 Å². The fraction of sp³-hybridized carbons (Fsp3) is 0.143. The van der Waals surface area contributed by atoms with Gasteiger partial charge in [0.15, 0.2) is 23.0 Å². The van der Waals surface area contributed by atoms with Gasteiger partial charge >= 0.3 is 0 Å². The SMILES string of the molecule is Cc1c(O)c(O)c(-c2ccc(Nc3ccc4c(c3)C(C)(C)c3ccccc3-4)cc2)c(O)c1O. The van der Waals surface area contributed by atoms with Crippen molar-refractivity contribution in [2.24, 2.45) is 0 Å². The van der Waals surface area contributed by atoms with Crippen molar-refractivity contribution in [2.45, 2.75) is 26.2 Å². The van der Waals surface area contributed by atoms with Crippen LogP contribution in [-0.4, -0.2) is 20.4 Å². The first-order chi connectivity index (χ1) is 15.7. The predicted octanol–water partition coefficient (Wildman–Crippen LogP) is 6.53. The normalized spacial score (nSPS) is 13.4. The standard InChI is InChI=1S/C28H25NO4/c1-15-24(30)26(32)23(27(33)25(15)31)16-8-10-17(11-9-16)29-18-12-13-20-19-6-4-5-7-21(19)28(2,3)22(20)14-18/h4-14,29-33H,1-3H3. The molecule has 0 spiro atoms. The second kappa shape index (κ2) is 7.20. The molecule has 4 aromatic carbocycles. The third kappa shape index (κ3) is 3.08. The number of fused-ring (bicyclic) bond motifs is 3. The molecule has 5 N–H and O–H groups in total. The zero-order valence-corrected chi connectivity index (χ0v) is 18.6. The molecule has 0 saturated heterocycles. The molecule has 0 bridgehead atoms. The Hall–Kier alpha value is -4.12. The summed E-state index contributed by atoms with van der Waals surface area (Å²) in [6.07, 6.45) is 0. The fourth-order valence-corrected chi connectivity index (χ4v) is 4.76. The summed E-state index contributed by atoms with van der Waals surface area (Å²) in [7, 11) is 0. The van der Waals surface area contributed by atoms with Crippen LogP contribution in [0.5, 0.6) is 23.0 Å². The van der Waals surface area contributed by atoms with E-state index in [4.69, 9.17) is 0 Å². The average molecular weight is 440 g/mol. The molecular weight excluding hydrogens is 414 g/mol. The highest BCUT2D eigenvalue weighted by molar-refractivity contribution is 5.85. The number of anilines is 2. The average Bonchev–Trinajstić information content (AvgIpc) is 3.04. The van der Waals surface area contributed by atoms with Gasteiger partial charge in [-0.3, -0.25) is 0 Å². The van der Waals surface area contributed by atoms with Crippen molar-refractivity contribution in [1.82, 2.24) is 0 Å². The van der Waals surface area contributed by atoms with Crippen molar-refractivity contribution in [3.63, 3.8) is 0 Å². The minimum Gasteiger partial charge on any atom is -0.504 e. The van der Waals surface area contributed by atoms with E-state index in [1.54, 1.807) is 12.1 Å². The van der Waals surface area contributed by atoms with E-state index in [2.05, 4.69) is 61.6 Å². The Morgan fingerprint density at radius 2 is 1.21 bits per heavy atom. The molecular formula is C28H25NO4. The second-order valence-corrected chi connectivity index (χ2v) is 9.03. The number of hydrogen-bond donors (Lipinski definition) is 5. The van der Waals surface area contributed by atoms with Crippen LogP contribution in [0.2, 0.25) is 0 Å². The maximum atomic E-state index is 10.3. The quantitative estimate of drug-likeness (QED) is 0.185. The van der Waals surface area contributed by atoms with Gasteiger partial charge < -0.3 is 25.7 Å². The van der Waals surface area contributed by atoms with Gasteiger partial charge in [-0.2, -0.15) is 0 Å². The van der Waals surface area contributed by atoms with Gasteiger partial charge in [-0.25, -0.2) is 0 Å². The van der Waals surface area contributed by atoms with E-state index in [0.29, 0.717) is 5.56 Å². The first kappa shape index (κ1) is 20.8.